The molecule has 7 nitrogen and oxygen atoms in total. The maximum Gasteiger partial charge on any atom is 0.295 e. The summed E-state index contributed by atoms with van der Waals surface area (Å²) in [5, 5.41) is 12.2. The first kappa shape index (κ1) is 22.6. The van der Waals surface area contributed by atoms with E-state index in [1.807, 2.05) is 81.4 Å². The Kier molecular flexibility index (Phi) is 6.24. The van der Waals surface area contributed by atoms with Gasteiger partial charge in [0.05, 0.1) is 17.7 Å². The van der Waals surface area contributed by atoms with Crippen LogP contribution in [-0.4, -0.2) is 64.9 Å². The van der Waals surface area contributed by atoms with Crippen LogP contribution < -0.4 is 4.74 Å². The van der Waals surface area contributed by atoms with E-state index in [4.69, 9.17) is 4.74 Å². The number of Topliss-reactive ketones (excluding diaryl/α,β-unsaturated/α-hetero) is 1. The number of carbonyl (C=O) groups is 2. The Labute approximate surface area is 193 Å². The predicted octanol–water partition coefficient (Wildman–Crippen LogP) is 3.94. The Morgan fingerprint density at radius 1 is 1.12 bits per heavy atom. The van der Waals surface area contributed by atoms with Gasteiger partial charge in [0.1, 0.15) is 11.5 Å². The summed E-state index contributed by atoms with van der Waals surface area (Å²) < 4.78 is 6.02. The lowest BCUT2D eigenvalue weighted by molar-refractivity contribution is -0.140. The topological polar surface area (TPSA) is 85.9 Å². The number of aliphatic hydroxyl groups is 1. The number of fused-ring (bicyclic) bond motifs is 1. The lowest BCUT2D eigenvalue weighted by atomic mass is 9.94. The van der Waals surface area contributed by atoms with Crippen LogP contribution in [0.1, 0.15) is 31.0 Å². The summed E-state index contributed by atoms with van der Waals surface area (Å²) in [5.41, 5.74) is 2.07. The molecule has 4 rings (SSSR count). The number of para-hydroxylation sites is 2. The zero-order valence-electron chi connectivity index (χ0n) is 19.3. The third-order valence-corrected chi connectivity index (χ3v) is 5.75. The van der Waals surface area contributed by atoms with Crippen LogP contribution in [0.3, 0.4) is 0 Å². The Bertz CT molecular complexity index is 1230. The number of hydrogen-bond acceptors (Lipinski definition) is 5. The van der Waals surface area contributed by atoms with Gasteiger partial charge < -0.3 is 24.6 Å². The van der Waals surface area contributed by atoms with Crippen LogP contribution in [0.5, 0.6) is 5.75 Å². The molecule has 1 fully saturated rings. The summed E-state index contributed by atoms with van der Waals surface area (Å²) in [7, 11) is 3.82. The number of hydrogen-bond donors (Lipinski definition) is 2. The zero-order chi connectivity index (χ0) is 23.7. The van der Waals surface area contributed by atoms with E-state index in [9.17, 15) is 14.7 Å². The maximum absolute atomic E-state index is 13.3. The molecule has 3 aromatic rings. The molecule has 0 radical (unpaired) electrons. The number of H-pyrrole nitrogens is 1. The number of nitrogens with one attached hydrogen (secondary N) is 1. The lowest BCUT2D eigenvalue weighted by Crippen LogP contribution is -2.35. The minimum atomic E-state index is -0.756. The monoisotopic (exact) mass is 447 g/mol. The highest BCUT2D eigenvalue weighted by Crippen LogP contribution is 2.43. The Morgan fingerprint density at radius 2 is 1.82 bits per heavy atom. The summed E-state index contributed by atoms with van der Waals surface area (Å²) >= 11 is 0. The van der Waals surface area contributed by atoms with Crippen LogP contribution >= 0.6 is 0 Å². The number of benzene rings is 2. The number of carbonyl (C=O) groups excluding carboxylic acids is 2. The number of nitrogens with zero attached hydrogens (tertiary/aromatic N) is 2. The van der Waals surface area contributed by atoms with Crippen LogP contribution in [0.2, 0.25) is 0 Å². The predicted molar refractivity (Wildman–Crippen MR) is 128 cm³/mol. The number of rotatable bonds is 7. The van der Waals surface area contributed by atoms with E-state index >= 15 is 0 Å². The number of amides is 1. The number of likely N-dealkylation sites (N-methyl/N-ethyl adjacent to an activating group) is 1. The fourth-order valence-electron chi connectivity index (χ4n) is 4.22. The van der Waals surface area contributed by atoms with Crippen molar-refractivity contribution in [3.8, 4) is 5.75 Å². The van der Waals surface area contributed by atoms with E-state index in [1.165, 1.54) is 4.90 Å². The molecule has 0 aliphatic carbocycles. The molecule has 2 heterocycles. The molecule has 1 aliphatic rings. The van der Waals surface area contributed by atoms with Crippen molar-refractivity contribution in [3.63, 3.8) is 0 Å². The largest absolute Gasteiger partial charge is 0.507 e. The van der Waals surface area contributed by atoms with Crippen molar-refractivity contribution in [1.29, 1.82) is 0 Å². The molecule has 7 heteroatoms. The Hall–Kier alpha value is -3.58. The highest BCUT2D eigenvalue weighted by Gasteiger charge is 2.47. The van der Waals surface area contributed by atoms with Gasteiger partial charge in [-0.1, -0.05) is 36.4 Å². The van der Waals surface area contributed by atoms with E-state index < -0.39 is 17.7 Å². The summed E-state index contributed by atoms with van der Waals surface area (Å²) in [6.07, 6.45) is 1.57. The fourth-order valence-corrected chi connectivity index (χ4v) is 4.22. The van der Waals surface area contributed by atoms with Crippen molar-refractivity contribution in [1.82, 2.24) is 14.8 Å². The molecule has 1 aromatic heterocycles. The van der Waals surface area contributed by atoms with Gasteiger partial charge in [-0.05, 0) is 40.1 Å². The first-order chi connectivity index (χ1) is 15.8. The number of aliphatic hydroxyl groups excluding tert-OH is 1. The molecule has 1 atom stereocenters. The van der Waals surface area contributed by atoms with Crippen molar-refractivity contribution in [2.24, 2.45) is 0 Å². The Balaban J connectivity index is 1.92. The van der Waals surface area contributed by atoms with Crippen LogP contribution in [0.4, 0.5) is 0 Å². The quantitative estimate of drug-likeness (QED) is 0.326. The molecular formula is C26H29N3O4. The van der Waals surface area contributed by atoms with Crippen molar-refractivity contribution in [2.45, 2.75) is 26.0 Å². The van der Waals surface area contributed by atoms with Crippen LogP contribution in [-0.2, 0) is 9.59 Å². The highest BCUT2D eigenvalue weighted by atomic mass is 16.5. The van der Waals surface area contributed by atoms with Crippen molar-refractivity contribution in [2.75, 3.05) is 27.2 Å². The number of ketones is 1. The second kappa shape index (κ2) is 9.11. The summed E-state index contributed by atoms with van der Waals surface area (Å²) in [5.74, 6) is -0.926. The average molecular weight is 448 g/mol. The SMILES string of the molecule is CC(C)Oc1ccccc1C1/C(=C(\O)c2c[nH]c3ccccc23)C(=O)C(=O)N1CCN(C)C. The molecule has 0 bridgehead atoms. The van der Waals surface area contributed by atoms with Gasteiger partial charge in [-0.15, -0.1) is 0 Å². The third kappa shape index (κ3) is 4.24. The minimum Gasteiger partial charge on any atom is -0.507 e. The van der Waals surface area contributed by atoms with Gasteiger partial charge in [0.15, 0.2) is 0 Å². The highest BCUT2D eigenvalue weighted by molar-refractivity contribution is 6.46. The van der Waals surface area contributed by atoms with Crippen LogP contribution in [0.25, 0.3) is 16.7 Å². The van der Waals surface area contributed by atoms with Gasteiger partial charge in [-0.3, -0.25) is 9.59 Å². The molecule has 0 spiro atoms. The normalized spacial score (nSPS) is 18.1. The second-order valence-corrected chi connectivity index (χ2v) is 8.75. The maximum atomic E-state index is 13.3. The second-order valence-electron chi connectivity index (χ2n) is 8.75. The molecule has 1 saturated heterocycles. The molecule has 33 heavy (non-hydrogen) atoms. The number of likely N-dealkylation sites (tertiary alicyclic amines) is 1. The molecule has 1 unspecified atom stereocenters. The average Bonchev–Trinajstić information content (AvgIpc) is 3.31. The minimum absolute atomic E-state index is 0.0725. The lowest BCUT2D eigenvalue weighted by Gasteiger charge is -2.28. The standard InChI is InChI=1S/C26H29N3O4/c1-16(2)33-21-12-8-6-10-18(21)23-22(25(31)26(32)29(23)14-13-28(3)4)24(30)19-15-27-20-11-7-5-9-17(19)20/h5-12,15-16,23,27,30H,13-14H2,1-4H3/b24-22+. The Morgan fingerprint density at radius 3 is 2.55 bits per heavy atom. The van der Waals surface area contributed by atoms with E-state index in [-0.39, 0.29) is 17.4 Å². The van der Waals surface area contributed by atoms with E-state index in [0.717, 1.165) is 10.9 Å². The summed E-state index contributed by atoms with van der Waals surface area (Å²) in [4.78, 5) is 33.0. The molecule has 172 valence electrons. The van der Waals surface area contributed by atoms with Gasteiger partial charge in [0, 0.05) is 41.3 Å². The van der Waals surface area contributed by atoms with Crippen molar-refractivity contribution < 1.29 is 19.4 Å². The smallest absolute Gasteiger partial charge is 0.295 e. The first-order valence-electron chi connectivity index (χ1n) is 11.0. The molecule has 0 saturated carbocycles. The molecule has 1 aliphatic heterocycles. The van der Waals surface area contributed by atoms with E-state index in [1.54, 1.807) is 6.20 Å². The van der Waals surface area contributed by atoms with Gasteiger partial charge in [-0.2, -0.15) is 0 Å². The van der Waals surface area contributed by atoms with Crippen LogP contribution in [0, 0.1) is 0 Å². The van der Waals surface area contributed by atoms with E-state index in [0.29, 0.717) is 30.0 Å². The van der Waals surface area contributed by atoms with Gasteiger partial charge in [0.25, 0.3) is 11.7 Å². The third-order valence-electron chi connectivity index (χ3n) is 5.75. The van der Waals surface area contributed by atoms with Gasteiger partial charge >= 0.3 is 0 Å². The summed E-state index contributed by atoms with van der Waals surface area (Å²) in [6, 6.07) is 14.1. The number of aromatic nitrogens is 1. The van der Waals surface area contributed by atoms with Gasteiger partial charge in [-0.25, -0.2) is 0 Å². The first-order valence-corrected chi connectivity index (χ1v) is 11.0. The fraction of sp³-hybridized carbons (Fsp3) is 0.308. The van der Waals surface area contributed by atoms with Crippen molar-refractivity contribution in [3.05, 3.63) is 71.4 Å². The molecule has 2 aromatic carbocycles. The van der Waals surface area contributed by atoms with Crippen molar-refractivity contribution >= 4 is 28.4 Å². The van der Waals surface area contributed by atoms with E-state index in [2.05, 4.69) is 4.98 Å². The molecule has 2 N–H and O–H groups in total. The van der Waals surface area contributed by atoms with Gasteiger partial charge in [0.2, 0.25) is 0 Å². The zero-order valence-corrected chi connectivity index (χ0v) is 19.3. The number of ether oxygens (including phenoxy) is 1. The molecule has 1 amide bonds. The van der Waals surface area contributed by atoms with Crippen LogP contribution in [0.15, 0.2) is 60.3 Å². The molecular weight excluding hydrogens is 418 g/mol. The summed E-state index contributed by atoms with van der Waals surface area (Å²) in [6.45, 7) is 4.75. The number of aromatic amines is 1.